The molecule has 44 heavy (non-hydrogen) atoms. The number of aliphatic carboxylic acids is 1. The Hall–Kier alpha value is -6.04. The number of benzene rings is 3. The van der Waals surface area contributed by atoms with Crippen LogP contribution in [0.3, 0.4) is 0 Å². The van der Waals surface area contributed by atoms with Crippen molar-refractivity contribution in [3.05, 3.63) is 119 Å². The second-order valence-corrected chi connectivity index (χ2v) is 9.86. The number of pyridine rings is 1. The zero-order valence-electron chi connectivity index (χ0n) is 23.7. The number of carboxylic acid groups (broad SMARTS) is 1. The van der Waals surface area contributed by atoms with E-state index in [4.69, 9.17) is 5.73 Å². The maximum Gasteiger partial charge on any atom is 0.323 e. The summed E-state index contributed by atoms with van der Waals surface area (Å²) in [6.45, 7) is 1.90. The lowest BCUT2D eigenvalue weighted by Crippen LogP contribution is -2.30. The number of para-hydroxylation sites is 1. The summed E-state index contributed by atoms with van der Waals surface area (Å²) in [4.78, 5) is 64.6. The van der Waals surface area contributed by atoms with Crippen molar-refractivity contribution < 1.29 is 29.1 Å². The van der Waals surface area contributed by atoms with Gasteiger partial charge >= 0.3 is 12.0 Å². The number of carboxylic acids is 1. The minimum Gasteiger partial charge on any atom is -0.481 e. The number of hydrogen-bond acceptors (Lipinski definition) is 6. The third kappa shape index (κ3) is 8.73. The Labute approximate surface area is 252 Å². The first-order chi connectivity index (χ1) is 21.1. The number of rotatable bonds is 11. The number of carbonyl (C=O) groups excluding carboxylic acids is 4. The number of aryl methyl sites for hydroxylation is 1. The predicted molar refractivity (Wildman–Crippen MR) is 164 cm³/mol. The van der Waals surface area contributed by atoms with Crippen LogP contribution in [0, 0.1) is 6.92 Å². The number of anilines is 3. The lowest BCUT2D eigenvalue weighted by Gasteiger charge is -2.18. The van der Waals surface area contributed by atoms with Crippen molar-refractivity contribution in [3.63, 3.8) is 0 Å². The molecule has 0 radical (unpaired) electrons. The van der Waals surface area contributed by atoms with E-state index in [1.807, 2.05) is 25.1 Å². The lowest BCUT2D eigenvalue weighted by atomic mass is 10.0. The van der Waals surface area contributed by atoms with Gasteiger partial charge in [-0.2, -0.15) is 0 Å². The van der Waals surface area contributed by atoms with E-state index < -0.39 is 30.2 Å². The maximum atomic E-state index is 12.7. The predicted octanol–water partition coefficient (Wildman–Crippen LogP) is 4.26. The van der Waals surface area contributed by atoms with Gasteiger partial charge in [-0.15, -0.1) is 0 Å². The summed E-state index contributed by atoms with van der Waals surface area (Å²) in [6.07, 6.45) is 1.02. The van der Waals surface area contributed by atoms with Crippen LogP contribution >= 0.6 is 0 Å². The summed E-state index contributed by atoms with van der Waals surface area (Å²) in [5, 5.41) is 20.3. The molecule has 1 heterocycles. The van der Waals surface area contributed by atoms with E-state index in [1.54, 1.807) is 36.4 Å². The zero-order valence-corrected chi connectivity index (χ0v) is 23.7. The number of hydrogen-bond donors (Lipinski definition) is 6. The van der Waals surface area contributed by atoms with Crippen molar-refractivity contribution in [1.29, 1.82) is 0 Å². The first-order valence-corrected chi connectivity index (χ1v) is 13.5. The highest BCUT2D eigenvalue weighted by Crippen LogP contribution is 2.20. The second-order valence-electron chi connectivity index (χ2n) is 9.86. The molecular formula is C32H30N6O6. The fraction of sp³-hybridized carbons (Fsp3) is 0.125. The fourth-order valence-electron chi connectivity index (χ4n) is 4.22. The van der Waals surface area contributed by atoms with Crippen LogP contribution in [0.25, 0.3) is 0 Å². The molecule has 1 atom stereocenters. The van der Waals surface area contributed by atoms with Crippen LogP contribution in [0.4, 0.5) is 22.0 Å². The molecule has 0 aliphatic heterocycles. The Balaban J connectivity index is 1.31. The summed E-state index contributed by atoms with van der Waals surface area (Å²) in [5.74, 6) is -2.40. The van der Waals surface area contributed by atoms with E-state index in [1.165, 1.54) is 36.5 Å². The summed E-state index contributed by atoms with van der Waals surface area (Å²) >= 11 is 0. The average molecular weight is 595 g/mol. The van der Waals surface area contributed by atoms with Crippen molar-refractivity contribution in [2.45, 2.75) is 25.8 Å². The smallest absolute Gasteiger partial charge is 0.323 e. The van der Waals surface area contributed by atoms with Crippen LogP contribution in [0.15, 0.2) is 91.1 Å². The zero-order chi connectivity index (χ0) is 31.6. The van der Waals surface area contributed by atoms with Crippen molar-refractivity contribution in [2.75, 3.05) is 16.0 Å². The van der Waals surface area contributed by atoms with Crippen LogP contribution in [0.5, 0.6) is 0 Å². The second kappa shape index (κ2) is 14.2. The standard InChI is InChI=1S/C32H30N6O6/c1-19-4-2-3-5-25(19)37-32(44)35-24-13-6-20(7-14-24)16-28(39)38-27-15-12-23(18-34-27)26(17-29(40)41)36-31(43)22-10-8-21(9-11-22)30(33)42/h2-15,18,26H,16-17H2,1H3,(H2,33,42)(H,36,43)(H,40,41)(H,34,38,39)(H2,35,37,44). The number of amides is 5. The Morgan fingerprint density at radius 1 is 0.818 bits per heavy atom. The molecule has 224 valence electrons. The Kier molecular flexibility index (Phi) is 9.99. The number of nitrogens with zero attached hydrogens (tertiary/aromatic N) is 1. The van der Waals surface area contributed by atoms with Crippen molar-refractivity contribution in [1.82, 2.24) is 10.3 Å². The summed E-state index contributed by atoms with van der Waals surface area (Å²) in [5.41, 5.74) is 9.00. The lowest BCUT2D eigenvalue weighted by molar-refractivity contribution is -0.137. The van der Waals surface area contributed by atoms with E-state index in [9.17, 15) is 29.1 Å². The molecule has 0 saturated carbocycles. The molecule has 12 heteroatoms. The number of nitrogens with two attached hydrogens (primary N) is 1. The van der Waals surface area contributed by atoms with Gasteiger partial charge in [0.2, 0.25) is 11.8 Å². The molecule has 5 amide bonds. The number of aromatic nitrogens is 1. The molecule has 3 aromatic carbocycles. The molecule has 1 unspecified atom stereocenters. The minimum absolute atomic E-state index is 0.0470. The van der Waals surface area contributed by atoms with Gasteiger partial charge < -0.3 is 32.1 Å². The van der Waals surface area contributed by atoms with Gasteiger partial charge in [0.15, 0.2) is 0 Å². The highest BCUT2D eigenvalue weighted by atomic mass is 16.4. The fourth-order valence-corrected chi connectivity index (χ4v) is 4.22. The molecule has 0 spiro atoms. The van der Waals surface area contributed by atoms with Crippen LogP contribution in [-0.2, 0) is 16.0 Å². The molecular weight excluding hydrogens is 564 g/mol. The van der Waals surface area contributed by atoms with E-state index in [2.05, 4.69) is 26.3 Å². The SMILES string of the molecule is Cc1ccccc1NC(=O)Nc1ccc(CC(=O)Nc2ccc(C(CC(=O)O)NC(=O)c3ccc(C(N)=O)cc3)cn2)cc1. The third-order valence-electron chi connectivity index (χ3n) is 6.54. The summed E-state index contributed by atoms with van der Waals surface area (Å²) < 4.78 is 0. The van der Waals surface area contributed by atoms with Crippen molar-refractivity contribution in [2.24, 2.45) is 5.73 Å². The first kappa shape index (κ1) is 30.9. The monoisotopic (exact) mass is 594 g/mol. The number of carbonyl (C=O) groups is 5. The van der Waals surface area contributed by atoms with E-state index in [-0.39, 0.29) is 35.3 Å². The largest absolute Gasteiger partial charge is 0.481 e. The topological polar surface area (TPSA) is 193 Å². The van der Waals surface area contributed by atoms with Crippen molar-refractivity contribution in [3.8, 4) is 0 Å². The van der Waals surface area contributed by atoms with Gasteiger partial charge in [-0.1, -0.05) is 36.4 Å². The molecule has 0 saturated heterocycles. The van der Waals surface area contributed by atoms with E-state index >= 15 is 0 Å². The molecule has 0 aliphatic rings. The quantitative estimate of drug-likeness (QED) is 0.149. The number of nitrogens with one attached hydrogen (secondary N) is 4. The number of urea groups is 1. The molecule has 7 N–H and O–H groups in total. The maximum absolute atomic E-state index is 12.7. The molecule has 4 aromatic rings. The Morgan fingerprint density at radius 2 is 1.50 bits per heavy atom. The van der Waals surface area contributed by atoms with Gasteiger partial charge in [-0.05, 0) is 72.1 Å². The average Bonchev–Trinajstić information content (AvgIpc) is 2.99. The van der Waals surface area contributed by atoms with Gasteiger partial charge in [-0.25, -0.2) is 9.78 Å². The molecule has 0 fully saturated rings. The minimum atomic E-state index is -1.13. The summed E-state index contributed by atoms with van der Waals surface area (Å²) in [6, 6.07) is 21.7. The van der Waals surface area contributed by atoms with Gasteiger partial charge in [-0.3, -0.25) is 19.2 Å². The van der Waals surface area contributed by atoms with Crippen LogP contribution in [-0.4, -0.2) is 39.8 Å². The molecule has 12 nitrogen and oxygen atoms in total. The first-order valence-electron chi connectivity index (χ1n) is 13.5. The molecule has 0 aliphatic carbocycles. The Bertz CT molecular complexity index is 1670. The third-order valence-corrected chi connectivity index (χ3v) is 6.54. The van der Waals surface area contributed by atoms with Gasteiger partial charge in [0.05, 0.1) is 18.9 Å². The molecule has 1 aromatic heterocycles. The number of primary amides is 1. The summed E-state index contributed by atoms with van der Waals surface area (Å²) in [7, 11) is 0. The van der Waals surface area contributed by atoms with Crippen LogP contribution in [0.2, 0.25) is 0 Å². The normalized spacial score (nSPS) is 11.1. The highest BCUT2D eigenvalue weighted by molar-refractivity contribution is 6.00. The van der Waals surface area contributed by atoms with Crippen molar-refractivity contribution >= 4 is 46.9 Å². The molecule has 4 rings (SSSR count). The van der Waals surface area contributed by atoms with Gasteiger partial charge in [0, 0.05) is 28.7 Å². The Morgan fingerprint density at radius 3 is 2.11 bits per heavy atom. The van der Waals surface area contributed by atoms with E-state index in [0.29, 0.717) is 22.5 Å². The van der Waals surface area contributed by atoms with Crippen LogP contribution < -0.4 is 27.0 Å². The van der Waals surface area contributed by atoms with Gasteiger partial charge in [0.25, 0.3) is 5.91 Å². The van der Waals surface area contributed by atoms with Crippen LogP contribution in [0.1, 0.15) is 49.9 Å². The highest BCUT2D eigenvalue weighted by Gasteiger charge is 2.20. The van der Waals surface area contributed by atoms with E-state index in [0.717, 1.165) is 5.56 Å². The van der Waals surface area contributed by atoms with Gasteiger partial charge in [0.1, 0.15) is 5.82 Å². The molecule has 0 bridgehead atoms.